The number of nitro benzene ring substituents is 1. The third-order valence-corrected chi connectivity index (χ3v) is 1.92. The Morgan fingerprint density at radius 2 is 2.13 bits per heavy atom. The van der Waals surface area contributed by atoms with Gasteiger partial charge in [0.2, 0.25) is 0 Å². The number of nitriles is 2. The second-order valence-electron chi connectivity index (χ2n) is 3.02. The molecule has 0 aliphatic carbocycles. The van der Waals surface area contributed by atoms with E-state index in [0.717, 1.165) is 0 Å². The van der Waals surface area contributed by atoms with Gasteiger partial charge in [-0.05, 0) is 18.1 Å². The quantitative estimate of drug-likeness (QED) is 0.539. The molecule has 0 saturated carbocycles. The molecule has 15 heavy (non-hydrogen) atoms. The highest BCUT2D eigenvalue weighted by atomic mass is 16.6. The van der Waals surface area contributed by atoms with Crippen molar-refractivity contribution in [2.75, 3.05) is 0 Å². The van der Waals surface area contributed by atoms with Gasteiger partial charge in [-0.2, -0.15) is 10.5 Å². The Morgan fingerprint density at radius 1 is 1.47 bits per heavy atom. The van der Waals surface area contributed by atoms with Crippen LogP contribution in [-0.4, -0.2) is 4.92 Å². The molecular formula is C10H7N3O2. The van der Waals surface area contributed by atoms with Crippen LogP contribution in [0.3, 0.4) is 0 Å². The van der Waals surface area contributed by atoms with Gasteiger partial charge in [0.15, 0.2) is 0 Å². The summed E-state index contributed by atoms with van der Waals surface area (Å²) in [5, 5.41) is 28.0. The van der Waals surface area contributed by atoms with Gasteiger partial charge in [-0.25, -0.2) is 0 Å². The average molecular weight is 201 g/mol. The molecule has 5 nitrogen and oxygen atoms in total. The molecule has 0 amide bonds. The van der Waals surface area contributed by atoms with Gasteiger partial charge in [-0.3, -0.25) is 10.1 Å². The first kappa shape index (κ1) is 10.7. The lowest BCUT2D eigenvalue weighted by atomic mass is 10.0. The predicted octanol–water partition coefficient (Wildman–Crippen LogP) is 1.84. The van der Waals surface area contributed by atoms with Crippen LogP contribution < -0.4 is 0 Å². The van der Waals surface area contributed by atoms with Crippen molar-refractivity contribution in [3.63, 3.8) is 0 Å². The van der Waals surface area contributed by atoms with Crippen LogP contribution in [0.1, 0.15) is 16.7 Å². The van der Waals surface area contributed by atoms with Crippen molar-refractivity contribution in [2.45, 2.75) is 13.3 Å². The minimum atomic E-state index is -0.605. The van der Waals surface area contributed by atoms with E-state index in [0.29, 0.717) is 11.1 Å². The SMILES string of the molecule is Cc1cc(CC#N)c(C#N)c([N+](=O)[O-])c1. The van der Waals surface area contributed by atoms with Crippen molar-refractivity contribution in [1.29, 1.82) is 10.5 Å². The number of benzene rings is 1. The van der Waals surface area contributed by atoms with Gasteiger partial charge in [-0.1, -0.05) is 6.07 Å². The molecule has 5 heteroatoms. The summed E-state index contributed by atoms with van der Waals surface area (Å²) in [7, 11) is 0. The molecule has 0 radical (unpaired) electrons. The summed E-state index contributed by atoms with van der Waals surface area (Å²) in [4.78, 5) is 10.1. The average Bonchev–Trinajstić information content (AvgIpc) is 2.17. The molecule has 0 aliphatic heterocycles. The van der Waals surface area contributed by atoms with Gasteiger partial charge in [0.25, 0.3) is 5.69 Å². The van der Waals surface area contributed by atoms with Crippen LogP contribution in [0.5, 0.6) is 0 Å². The highest BCUT2D eigenvalue weighted by Crippen LogP contribution is 2.23. The lowest BCUT2D eigenvalue weighted by Crippen LogP contribution is -1.98. The standard InChI is InChI=1S/C10H7N3O2/c1-7-4-8(2-3-11)9(6-12)10(5-7)13(14)15/h4-5H,2H2,1H3. The zero-order valence-electron chi connectivity index (χ0n) is 8.02. The molecule has 0 saturated heterocycles. The lowest BCUT2D eigenvalue weighted by Gasteiger charge is -2.02. The van der Waals surface area contributed by atoms with E-state index in [2.05, 4.69) is 0 Å². The number of hydrogen-bond donors (Lipinski definition) is 0. The molecule has 1 aromatic carbocycles. The molecule has 0 spiro atoms. The molecule has 0 heterocycles. The van der Waals surface area contributed by atoms with Crippen molar-refractivity contribution in [3.05, 3.63) is 38.9 Å². The Labute approximate surface area is 86.3 Å². The Morgan fingerprint density at radius 3 is 2.60 bits per heavy atom. The number of rotatable bonds is 2. The van der Waals surface area contributed by atoms with Crippen molar-refractivity contribution < 1.29 is 4.92 Å². The third kappa shape index (κ3) is 2.09. The molecule has 1 aromatic rings. The predicted molar refractivity (Wildman–Crippen MR) is 51.9 cm³/mol. The van der Waals surface area contributed by atoms with Crippen molar-refractivity contribution in [3.8, 4) is 12.1 Å². The van der Waals surface area contributed by atoms with Crippen LogP contribution in [0.25, 0.3) is 0 Å². The monoisotopic (exact) mass is 201 g/mol. The van der Waals surface area contributed by atoms with Crippen LogP contribution in [-0.2, 0) is 6.42 Å². The zero-order valence-corrected chi connectivity index (χ0v) is 8.02. The van der Waals surface area contributed by atoms with Crippen LogP contribution in [0, 0.1) is 39.7 Å². The van der Waals surface area contributed by atoms with E-state index in [-0.39, 0.29) is 17.7 Å². The molecule has 0 N–H and O–H groups in total. The van der Waals surface area contributed by atoms with Crippen LogP contribution >= 0.6 is 0 Å². The molecule has 0 aliphatic rings. The second-order valence-corrected chi connectivity index (χ2v) is 3.02. The zero-order chi connectivity index (χ0) is 11.4. The maximum absolute atomic E-state index is 10.7. The Balaban J connectivity index is 3.48. The highest BCUT2D eigenvalue weighted by Gasteiger charge is 2.18. The van der Waals surface area contributed by atoms with Gasteiger partial charge in [0, 0.05) is 6.07 Å². The second kappa shape index (κ2) is 4.21. The Hall–Kier alpha value is -2.40. The summed E-state index contributed by atoms with van der Waals surface area (Å²) in [5.41, 5.74) is 0.826. The van der Waals surface area contributed by atoms with Crippen molar-refractivity contribution in [1.82, 2.24) is 0 Å². The smallest absolute Gasteiger partial charge is 0.258 e. The first-order valence-electron chi connectivity index (χ1n) is 4.15. The Kier molecular flexibility index (Phi) is 3.00. The van der Waals surface area contributed by atoms with E-state index in [1.807, 2.05) is 6.07 Å². The summed E-state index contributed by atoms with van der Waals surface area (Å²) in [6.07, 6.45) is 0.00537. The topological polar surface area (TPSA) is 90.7 Å². The molecule has 0 bridgehead atoms. The van der Waals surface area contributed by atoms with E-state index in [1.165, 1.54) is 6.07 Å². The number of hydrogen-bond acceptors (Lipinski definition) is 4. The Bertz CT molecular complexity index is 495. The van der Waals surface area contributed by atoms with Crippen molar-refractivity contribution in [2.24, 2.45) is 0 Å². The minimum Gasteiger partial charge on any atom is -0.258 e. The lowest BCUT2D eigenvalue weighted by molar-refractivity contribution is -0.385. The fraction of sp³-hybridized carbons (Fsp3) is 0.200. The van der Waals surface area contributed by atoms with Crippen LogP contribution in [0.4, 0.5) is 5.69 Å². The molecule has 0 atom stereocenters. The summed E-state index contributed by atoms with van der Waals surface area (Å²) in [5.74, 6) is 0. The highest BCUT2D eigenvalue weighted by molar-refractivity contribution is 5.56. The van der Waals surface area contributed by atoms with Gasteiger partial charge in [-0.15, -0.1) is 0 Å². The number of nitro groups is 1. The normalized spacial score (nSPS) is 9.00. The van der Waals surface area contributed by atoms with E-state index in [9.17, 15) is 10.1 Å². The fourth-order valence-corrected chi connectivity index (χ4v) is 1.34. The van der Waals surface area contributed by atoms with Gasteiger partial charge < -0.3 is 0 Å². The molecular weight excluding hydrogens is 194 g/mol. The first-order chi connectivity index (χ1) is 7.10. The maximum atomic E-state index is 10.7. The summed E-state index contributed by atoms with van der Waals surface area (Å²) >= 11 is 0. The van der Waals surface area contributed by atoms with Gasteiger partial charge in [0.05, 0.1) is 17.4 Å². The first-order valence-corrected chi connectivity index (χ1v) is 4.15. The van der Waals surface area contributed by atoms with E-state index in [4.69, 9.17) is 10.5 Å². The molecule has 0 unspecified atom stereocenters. The fourth-order valence-electron chi connectivity index (χ4n) is 1.34. The molecule has 0 aromatic heterocycles. The summed E-state index contributed by atoms with van der Waals surface area (Å²) in [6.45, 7) is 1.69. The maximum Gasteiger partial charge on any atom is 0.287 e. The van der Waals surface area contributed by atoms with Crippen LogP contribution in [0.2, 0.25) is 0 Å². The molecule has 0 fully saturated rings. The van der Waals surface area contributed by atoms with E-state index < -0.39 is 4.92 Å². The summed E-state index contributed by atoms with van der Waals surface area (Å²) < 4.78 is 0. The number of nitrogens with zero attached hydrogens (tertiary/aromatic N) is 3. The molecule has 74 valence electrons. The largest absolute Gasteiger partial charge is 0.287 e. The van der Waals surface area contributed by atoms with Crippen LogP contribution in [0.15, 0.2) is 12.1 Å². The van der Waals surface area contributed by atoms with Gasteiger partial charge in [0.1, 0.15) is 11.6 Å². The minimum absolute atomic E-state index is 0.00537. The van der Waals surface area contributed by atoms with Gasteiger partial charge >= 0.3 is 0 Å². The van der Waals surface area contributed by atoms with E-state index in [1.54, 1.807) is 19.1 Å². The van der Waals surface area contributed by atoms with Crippen molar-refractivity contribution >= 4 is 5.69 Å². The number of aryl methyl sites for hydroxylation is 1. The molecule has 1 rings (SSSR count). The van der Waals surface area contributed by atoms with E-state index >= 15 is 0 Å². The third-order valence-electron chi connectivity index (χ3n) is 1.92. The summed E-state index contributed by atoms with van der Waals surface area (Å²) in [6, 6.07) is 6.60.